The fourth-order valence-corrected chi connectivity index (χ4v) is 1.31. The van der Waals surface area contributed by atoms with E-state index < -0.39 is 6.04 Å². The lowest BCUT2D eigenvalue weighted by atomic mass is 10.3. The fourth-order valence-electron chi connectivity index (χ4n) is 0.957. The molecule has 5 nitrogen and oxygen atoms in total. The predicted molar refractivity (Wildman–Crippen MR) is 60.4 cm³/mol. The fraction of sp³-hybridized carbons (Fsp3) is 0.333. The standard InChI is InChI=1S/C9H12BrN3O2/c1-15-5-7(11)9(14)13-8-2-3-12-4-6(8)10/h2-4,7H,5,11H2,1H3,(H,12,13,14). The van der Waals surface area contributed by atoms with Crippen molar-refractivity contribution in [2.45, 2.75) is 6.04 Å². The van der Waals surface area contributed by atoms with Crippen molar-refractivity contribution in [3.8, 4) is 0 Å². The van der Waals surface area contributed by atoms with E-state index >= 15 is 0 Å². The Hall–Kier alpha value is -0.980. The van der Waals surface area contributed by atoms with Crippen LogP contribution in [0.15, 0.2) is 22.9 Å². The Bertz CT molecular complexity index is 346. The number of pyridine rings is 1. The van der Waals surface area contributed by atoms with Gasteiger partial charge in [0.2, 0.25) is 5.91 Å². The number of nitrogens with zero attached hydrogens (tertiary/aromatic N) is 1. The molecule has 1 heterocycles. The van der Waals surface area contributed by atoms with Gasteiger partial charge in [0, 0.05) is 19.5 Å². The van der Waals surface area contributed by atoms with Gasteiger partial charge in [-0.1, -0.05) is 0 Å². The highest BCUT2D eigenvalue weighted by Gasteiger charge is 2.13. The summed E-state index contributed by atoms with van der Waals surface area (Å²) >= 11 is 3.26. The minimum absolute atomic E-state index is 0.189. The van der Waals surface area contributed by atoms with E-state index in [-0.39, 0.29) is 12.5 Å². The van der Waals surface area contributed by atoms with E-state index in [1.807, 2.05) is 0 Å². The zero-order chi connectivity index (χ0) is 11.3. The van der Waals surface area contributed by atoms with Crippen LogP contribution in [-0.2, 0) is 9.53 Å². The van der Waals surface area contributed by atoms with Gasteiger partial charge in [0.1, 0.15) is 6.04 Å². The molecule has 15 heavy (non-hydrogen) atoms. The molecule has 0 aliphatic rings. The second-order valence-corrected chi connectivity index (χ2v) is 3.76. The zero-order valence-corrected chi connectivity index (χ0v) is 9.82. The molecule has 6 heteroatoms. The molecule has 0 aliphatic carbocycles. The summed E-state index contributed by atoms with van der Waals surface area (Å²) < 4.78 is 5.49. The molecular formula is C9H12BrN3O2. The van der Waals surface area contributed by atoms with Crippen LogP contribution in [0.4, 0.5) is 5.69 Å². The minimum Gasteiger partial charge on any atom is -0.383 e. The van der Waals surface area contributed by atoms with E-state index in [2.05, 4.69) is 26.2 Å². The van der Waals surface area contributed by atoms with Gasteiger partial charge in [-0.05, 0) is 22.0 Å². The Labute approximate surface area is 96.1 Å². The first kappa shape index (κ1) is 12.1. The van der Waals surface area contributed by atoms with Crippen LogP contribution < -0.4 is 11.1 Å². The van der Waals surface area contributed by atoms with Crippen molar-refractivity contribution in [3.05, 3.63) is 22.9 Å². The number of nitrogens with two attached hydrogens (primary N) is 1. The van der Waals surface area contributed by atoms with Crippen molar-refractivity contribution in [3.63, 3.8) is 0 Å². The summed E-state index contributed by atoms with van der Waals surface area (Å²) in [5, 5.41) is 2.66. The van der Waals surface area contributed by atoms with Crippen LogP contribution in [0.1, 0.15) is 0 Å². The number of amides is 1. The summed E-state index contributed by atoms with van der Waals surface area (Å²) in [5.41, 5.74) is 6.20. The number of rotatable bonds is 4. The number of anilines is 1. The van der Waals surface area contributed by atoms with E-state index in [0.717, 1.165) is 0 Å². The summed E-state index contributed by atoms with van der Waals surface area (Å²) in [6.45, 7) is 0.189. The molecule has 82 valence electrons. The number of halogens is 1. The smallest absolute Gasteiger partial charge is 0.243 e. The highest BCUT2D eigenvalue weighted by molar-refractivity contribution is 9.10. The maximum absolute atomic E-state index is 11.5. The molecule has 0 aliphatic heterocycles. The number of nitrogens with one attached hydrogen (secondary N) is 1. The first-order chi connectivity index (χ1) is 7.15. The molecule has 1 aromatic heterocycles. The maximum atomic E-state index is 11.5. The molecule has 0 bridgehead atoms. The van der Waals surface area contributed by atoms with Gasteiger partial charge in [0.25, 0.3) is 0 Å². The number of hydrogen-bond acceptors (Lipinski definition) is 4. The average molecular weight is 274 g/mol. The van der Waals surface area contributed by atoms with E-state index in [9.17, 15) is 4.79 Å². The van der Waals surface area contributed by atoms with Crippen LogP contribution >= 0.6 is 15.9 Å². The van der Waals surface area contributed by atoms with Crippen LogP contribution in [-0.4, -0.2) is 30.6 Å². The summed E-state index contributed by atoms with van der Waals surface area (Å²) in [4.78, 5) is 15.4. The summed E-state index contributed by atoms with van der Waals surface area (Å²) in [6, 6.07) is 1.01. The van der Waals surface area contributed by atoms with Gasteiger partial charge in [-0.2, -0.15) is 0 Å². The minimum atomic E-state index is -0.671. The number of aromatic nitrogens is 1. The molecule has 1 atom stereocenters. The summed E-state index contributed by atoms with van der Waals surface area (Å²) in [6.07, 6.45) is 3.18. The van der Waals surface area contributed by atoms with E-state index in [4.69, 9.17) is 10.5 Å². The Kier molecular flexibility index (Phi) is 4.67. The zero-order valence-electron chi connectivity index (χ0n) is 8.24. The Morgan fingerprint density at radius 1 is 1.80 bits per heavy atom. The molecule has 1 rings (SSSR count). The van der Waals surface area contributed by atoms with Crippen molar-refractivity contribution < 1.29 is 9.53 Å². The monoisotopic (exact) mass is 273 g/mol. The number of methoxy groups -OCH3 is 1. The molecule has 0 fully saturated rings. The van der Waals surface area contributed by atoms with E-state index in [1.165, 1.54) is 7.11 Å². The van der Waals surface area contributed by atoms with Gasteiger partial charge in [-0.3, -0.25) is 9.78 Å². The van der Waals surface area contributed by atoms with Gasteiger partial charge in [0.05, 0.1) is 16.8 Å². The molecule has 3 N–H and O–H groups in total. The van der Waals surface area contributed by atoms with E-state index in [1.54, 1.807) is 18.5 Å². The number of carbonyl (C=O) groups is 1. The third-order valence-electron chi connectivity index (χ3n) is 1.71. The lowest BCUT2D eigenvalue weighted by Gasteiger charge is -2.11. The van der Waals surface area contributed by atoms with Gasteiger partial charge in [0.15, 0.2) is 0 Å². The molecule has 1 unspecified atom stereocenters. The maximum Gasteiger partial charge on any atom is 0.243 e. The highest BCUT2D eigenvalue weighted by Crippen LogP contribution is 2.19. The van der Waals surface area contributed by atoms with Crippen LogP contribution in [0.3, 0.4) is 0 Å². The molecule has 1 amide bonds. The third kappa shape index (κ3) is 3.58. The molecule has 0 spiro atoms. The highest BCUT2D eigenvalue weighted by atomic mass is 79.9. The van der Waals surface area contributed by atoms with Crippen molar-refractivity contribution in [2.75, 3.05) is 19.0 Å². The topological polar surface area (TPSA) is 77.2 Å². The first-order valence-electron chi connectivity index (χ1n) is 4.30. The van der Waals surface area contributed by atoms with Crippen LogP contribution in [0.2, 0.25) is 0 Å². The normalized spacial score (nSPS) is 12.2. The van der Waals surface area contributed by atoms with Gasteiger partial charge >= 0.3 is 0 Å². The molecule has 0 saturated heterocycles. The third-order valence-corrected chi connectivity index (χ3v) is 2.35. The van der Waals surface area contributed by atoms with Crippen molar-refractivity contribution in [1.82, 2.24) is 4.98 Å². The van der Waals surface area contributed by atoms with Crippen LogP contribution in [0.5, 0.6) is 0 Å². The largest absolute Gasteiger partial charge is 0.383 e. The molecule has 0 saturated carbocycles. The predicted octanol–water partition coefficient (Wildman–Crippen LogP) is 0.756. The SMILES string of the molecule is COCC(N)C(=O)Nc1ccncc1Br. The molecule has 1 aromatic rings. The first-order valence-corrected chi connectivity index (χ1v) is 5.09. The number of hydrogen-bond donors (Lipinski definition) is 2. The van der Waals surface area contributed by atoms with Gasteiger partial charge in [-0.25, -0.2) is 0 Å². The van der Waals surface area contributed by atoms with Crippen molar-refractivity contribution >= 4 is 27.5 Å². The van der Waals surface area contributed by atoms with Gasteiger partial charge < -0.3 is 15.8 Å². The Morgan fingerprint density at radius 2 is 2.53 bits per heavy atom. The molecular weight excluding hydrogens is 262 g/mol. The van der Waals surface area contributed by atoms with Crippen LogP contribution in [0.25, 0.3) is 0 Å². The van der Waals surface area contributed by atoms with Crippen LogP contribution in [0, 0.1) is 0 Å². The Morgan fingerprint density at radius 3 is 3.13 bits per heavy atom. The van der Waals surface area contributed by atoms with Crippen molar-refractivity contribution in [1.29, 1.82) is 0 Å². The quantitative estimate of drug-likeness (QED) is 0.849. The molecule has 0 radical (unpaired) electrons. The Balaban J connectivity index is 2.62. The summed E-state index contributed by atoms with van der Waals surface area (Å²) in [5.74, 6) is -0.288. The lowest BCUT2D eigenvalue weighted by molar-refractivity contribution is -0.118. The van der Waals surface area contributed by atoms with Crippen molar-refractivity contribution in [2.24, 2.45) is 5.73 Å². The number of carbonyl (C=O) groups excluding carboxylic acids is 1. The van der Waals surface area contributed by atoms with Gasteiger partial charge in [-0.15, -0.1) is 0 Å². The van der Waals surface area contributed by atoms with E-state index in [0.29, 0.717) is 10.2 Å². The second kappa shape index (κ2) is 5.79. The second-order valence-electron chi connectivity index (χ2n) is 2.91. The summed E-state index contributed by atoms with van der Waals surface area (Å²) in [7, 11) is 1.50. The lowest BCUT2D eigenvalue weighted by Crippen LogP contribution is -2.39. The molecule has 0 aromatic carbocycles. The average Bonchev–Trinajstić information content (AvgIpc) is 2.21. The number of ether oxygens (including phenoxy) is 1.